The van der Waals surface area contributed by atoms with Gasteiger partial charge in [0.2, 0.25) is 0 Å². The molecule has 0 spiro atoms. The molecule has 0 saturated heterocycles. The molecule has 5 nitrogen and oxygen atoms in total. The van der Waals surface area contributed by atoms with Crippen LogP contribution in [0.25, 0.3) is 17.0 Å². The first-order valence-electron chi connectivity index (χ1n) is 4.50. The molecule has 1 heterocycles. The van der Waals surface area contributed by atoms with Crippen LogP contribution >= 0.6 is 0 Å². The van der Waals surface area contributed by atoms with E-state index >= 15 is 0 Å². The van der Waals surface area contributed by atoms with Crippen LogP contribution in [0, 0.1) is 11.3 Å². The fourth-order valence-corrected chi connectivity index (χ4v) is 1.43. The maximum atomic E-state index is 10.8. The number of carbonyl (C=O) groups is 1. The zero-order valence-electron chi connectivity index (χ0n) is 8.14. The Hall–Kier alpha value is -2.61. The molecule has 5 heteroatoms. The van der Waals surface area contributed by atoms with Crippen LogP contribution in [-0.2, 0) is 0 Å². The van der Waals surface area contributed by atoms with Crippen LogP contribution in [0.4, 0.5) is 0 Å². The highest BCUT2D eigenvalue weighted by Crippen LogP contribution is 2.18. The van der Waals surface area contributed by atoms with Gasteiger partial charge in [0.25, 0.3) is 0 Å². The molecule has 0 unspecified atom stereocenters. The number of aromatic carboxylic acids is 1. The summed E-state index contributed by atoms with van der Waals surface area (Å²) in [5.41, 5.74) is 1.41. The van der Waals surface area contributed by atoms with Crippen molar-refractivity contribution in [2.45, 2.75) is 0 Å². The number of nitrogens with one attached hydrogen (secondary N) is 1. The average Bonchev–Trinajstić information content (AvgIpc) is 2.69. The summed E-state index contributed by atoms with van der Waals surface area (Å²) in [6, 6.07) is 7.06. The largest absolute Gasteiger partial charge is 0.476 e. The maximum absolute atomic E-state index is 10.8. The Labute approximate surface area is 90.6 Å². The minimum atomic E-state index is -1.08. The summed E-state index contributed by atoms with van der Waals surface area (Å²) in [6.07, 6.45) is 2.94. The molecule has 1 aromatic carbocycles. The van der Waals surface area contributed by atoms with E-state index in [1.54, 1.807) is 24.3 Å². The number of benzene rings is 1. The van der Waals surface area contributed by atoms with Crippen molar-refractivity contribution in [3.63, 3.8) is 0 Å². The summed E-state index contributed by atoms with van der Waals surface area (Å²) >= 11 is 0. The van der Waals surface area contributed by atoms with Gasteiger partial charge in [-0.25, -0.2) is 4.79 Å². The maximum Gasteiger partial charge on any atom is 0.357 e. The number of carboxylic acid groups (broad SMARTS) is 1. The Morgan fingerprint density at radius 3 is 3.06 bits per heavy atom. The highest BCUT2D eigenvalue weighted by Gasteiger charge is 2.12. The van der Waals surface area contributed by atoms with Crippen molar-refractivity contribution < 1.29 is 9.90 Å². The van der Waals surface area contributed by atoms with E-state index in [2.05, 4.69) is 10.2 Å². The Bertz CT molecular complexity index is 620. The molecule has 1 aromatic heterocycles. The minimum absolute atomic E-state index is 0.0118. The summed E-state index contributed by atoms with van der Waals surface area (Å²) in [6.45, 7) is 0. The van der Waals surface area contributed by atoms with Gasteiger partial charge in [0.1, 0.15) is 0 Å². The van der Waals surface area contributed by atoms with E-state index in [-0.39, 0.29) is 5.69 Å². The number of aromatic amines is 1. The highest BCUT2D eigenvalue weighted by atomic mass is 16.4. The molecule has 2 N–H and O–H groups in total. The van der Waals surface area contributed by atoms with Crippen molar-refractivity contribution in [1.29, 1.82) is 5.26 Å². The van der Waals surface area contributed by atoms with Crippen LogP contribution in [0.3, 0.4) is 0 Å². The minimum Gasteiger partial charge on any atom is -0.476 e. The van der Waals surface area contributed by atoms with Gasteiger partial charge in [-0.05, 0) is 23.8 Å². The molecule has 2 aromatic rings. The number of H-pyrrole nitrogens is 1. The van der Waals surface area contributed by atoms with Crippen molar-refractivity contribution in [1.82, 2.24) is 10.2 Å². The molecule has 0 aliphatic rings. The van der Waals surface area contributed by atoms with Gasteiger partial charge in [0.15, 0.2) is 5.69 Å². The molecule has 0 fully saturated rings. The smallest absolute Gasteiger partial charge is 0.357 e. The van der Waals surface area contributed by atoms with Gasteiger partial charge < -0.3 is 5.11 Å². The molecule has 0 aliphatic heterocycles. The van der Waals surface area contributed by atoms with E-state index in [4.69, 9.17) is 10.4 Å². The second kappa shape index (κ2) is 3.87. The van der Waals surface area contributed by atoms with Crippen molar-refractivity contribution in [2.24, 2.45) is 0 Å². The fourth-order valence-electron chi connectivity index (χ4n) is 1.43. The number of fused-ring (bicyclic) bond motifs is 1. The summed E-state index contributed by atoms with van der Waals surface area (Å²) in [5, 5.41) is 24.2. The molecule has 2 rings (SSSR count). The van der Waals surface area contributed by atoms with Crippen molar-refractivity contribution in [3.8, 4) is 6.07 Å². The molecule has 0 saturated carbocycles. The van der Waals surface area contributed by atoms with Gasteiger partial charge in [0, 0.05) is 11.5 Å². The average molecular weight is 213 g/mol. The van der Waals surface area contributed by atoms with Gasteiger partial charge in [0.05, 0.1) is 11.6 Å². The lowest BCUT2D eigenvalue weighted by Crippen LogP contribution is -1.96. The Morgan fingerprint density at radius 2 is 2.38 bits per heavy atom. The van der Waals surface area contributed by atoms with Gasteiger partial charge in [-0.1, -0.05) is 6.07 Å². The van der Waals surface area contributed by atoms with Gasteiger partial charge >= 0.3 is 5.97 Å². The number of hydrogen-bond acceptors (Lipinski definition) is 3. The molecule has 0 atom stereocenters. The zero-order chi connectivity index (χ0) is 11.5. The lowest BCUT2D eigenvalue weighted by atomic mass is 10.1. The number of aromatic nitrogens is 2. The normalized spacial score (nSPS) is 10.7. The number of carboxylic acids is 1. The molecular weight excluding hydrogens is 206 g/mol. The van der Waals surface area contributed by atoms with Crippen LogP contribution in [0.15, 0.2) is 24.3 Å². The van der Waals surface area contributed by atoms with Crippen LogP contribution < -0.4 is 0 Å². The summed E-state index contributed by atoms with van der Waals surface area (Å²) < 4.78 is 0. The van der Waals surface area contributed by atoms with Crippen molar-refractivity contribution in [3.05, 3.63) is 35.5 Å². The standard InChI is InChI=1S/C11H7N3O2/c12-5-1-2-7-3-4-9-8(6-7)10(11(15)16)14-13-9/h1-4,6H,(H,13,14)(H,15,16). The topological polar surface area (TPSA) is 89.8 Å². The highest BCUT2D eigenvalue weighted by molar-refractivity contribution is 6.01. The SMILES string of the molecule is N#CC=Cc1ccc2[nH]nc(C(=O)O)c2c1. The predicted octanol–water partition coefficient (Wildman–Crippen LogP) is 1.80. The lowest BCUT2D eigenvalue weighted by Gasteiger charge is -1.93. The Kier molecular flexibility index (Phi) is 2.40. The first kappa shape index (κ1) is 9.93. The lowest BCUT2D eigenvalue weighted by molar-refractivity contribution is 0.0692. The second-order valence-electron chi connectivity index (χ2n) is 3.14. The second-order valence-corrected chi connectivity index (χ2v) is 3.14. The van der Waals surface area contributed by atoms with Crippen molar-refractivity contribution >= 4 is 22.9 Å². The van der Waals surface area contributed by atoms with Crippen LogP contribution in [0.1, 0.15) is 16.1 Å². The monoisotopic (exact) mass is 213 g/mol. The Balaban J connectivity index is 2.59. The number of rotatable bonds is 2. The van der Waals surface area contributed by atoms with Crippen LogP contribution in [0.2, 0.25) is 0 Å². The molecule has 78 valence electrons. The van der Waals surface area contributed by atoms with Gasteiger partial charge in [-0.3, -0.25) is 5.10 Å². The first-order valence-corrected chi connectivity index (χ1v) is 4.50. The predicted molar refractivity (Wildman–Crippen MR) is 57.7 cm³/mol. The van der Waals surface area contributed by atoms with E-state index in [0.717, 1.165) is 5.56 Å². The summed E-state index contributed by atoms with van der Waals surface area (Å²) in [7, 11) is 0. The number of nitrogens with zero attached hydrogens (tertiary/aromatic N) is 2. The van der Waals surface area contributed by atoms with E-state index in [0.29, 0.717) is 10.9 Å². The van der Waals surface area contributed by atoms with Gasteiger partial charge in [-0.15, -0.1) is 0 Å². The fraction of sp³-hybridized carbons (Fsp3) is 0. The first-order chi connectivity index (χ1) is 7.72. The molecule has 16 heavy (non-hydrogen) atoms. The van der Waals surface area contributed by atoms with Crippen LogP contribution in [-0.4, -0.2) is 21.3 Å². The molecule has 0 bridgehead atoms. The quantitative estimate of drug-likeness (QED) is 0.744. The third kappa shape index (κ3) is 1.64. The Morgan fingerprint density at radius 1 is 1.56 bits per heavy atom. The molecule has 0 aliphatic carbocycles. The van der Waals surface area contributed by atoms with Gasteiger partial charge in [-0.2, -0.15) is 10.4 Å². The molecule has 0 amide bonds. The van der Waals surface area contributed by atoms with Crippen molar-refractivity contribution in [2.75, 3.05) is 0 Å². The summed E-state index contributed by atoms with van der Waals surface area (Å²) in [4.78, 5) is 10.8. The van der Waals surface area contributed by atoms with E-state index in [9.17, 15) is 4.79 Å². The number of nitriles is 1. The van der Waals surface area contributed by atoms with Crippen LogP contribution in [0.5, 0.6) is 0 Å². The molecule has 0 radical (unpaired) electrons. The molecular formula is C11H7N3O2. The third-order valence-corrected chi connectivity index (χ3v) is 2.14. The van der Waals surface area contributed by atoms with E-state index in [1.165, 1.54) is 6.08 Å². The van der Waals surface area contributed by atoms with E-state index < -0.39 is 5.97 Å². The third-order valence-electron chi connectivity index (χ3n) is 2.14. The van der Waals surface area contributed by atoms with E-state index in [1.807, 2.05) is 6.07 Å². The zero-order valence-corrected chi connectivity index (χ0v) is 8.14. The number of allylic oxidation sites excluding steroid dienone is 1. The number of hydrogen-bond donors (Lipinski definition) is 2. The summed E-state index contributed by atoms with van der Waals surface area (Å²) in [5.74, 6) is -1.08.